The molecule has 4 heteroatoms. The molecule has 1 amide bonds. The van der Waals surface area contributed by atoms with E-state index < -0.39 is 11.7 Å². The van der Waals surface area contributed by atoms with Gasteiger partial charge in [-0.25, -0.2) is 4.39 Å². The van der Waals surface area contributed by atoms with Gasteiger partial charge in [-0.1, -0.05) is 0 Å². The lowest BCUT2D eigenvalue weighted by Gasteiger charge is -2.54. The van der Waals surface area contributed by atoms with Crippen molar-refractivity contribution in [1.29, 1.82) is 0 Å². The topological polar surface area (TPSA) is 55.1 Å². The third-order valence-corrected chi connectivity index (χ3v) is 5.79. The second-order valence-electron chi connectivity index (χ2n) is 7.16. The first kappa shape index (κ1) is 13.1. The molecule has 0 unspecified atom stereocenters. The lowest BCUT2D eigenvalue weighted by molar-refractivity contribution is 0.00754. The second-order valence-corrected chi connectivity index (χ2v) is 7.16. The van der Waals surface area contributed by atoms with Gasteiger partial charge in [-0.3, -0.25) is 4.79 Å². The van der Waals surface area contributed by atoms with Crippen LogP contribution in [-0.2, 0) is 0 Å². The molecule has 0 saturated heterocycles. The molecule has 112 valence electrons. The number of nitrogens with two attached hydrogens (primary N) is 1. The molecule has 0 aromatic heterocycles. The quantitative estimate of drug-likeness (QED) is 0.897. The largest absolute Gasteiger partial charge is 0.382 e. The average Bonchev–Trinajstić information content (AvgIpc) is 2.43. The van der Waals surface area contributed by atoms with Crippen molar-refractivity contribution in [2.45, 2.75) is 38.1 Å². The minimum atomic E-state index is -0.707. The number of benzene rings is 1. The van der Waals surface area contributed by atoms with E-state index >= 15 is 0 Å². The van der Waals surface area contributed by atoms with E-state index in [0.29, 0.717) is 6.04 Å². The van der Waals surface area contributed by atoms with Crippen molar-refractivity contribution in [2.75, 3.05) is 5.32 Å². The minimum absolute atomic E-state index is 0.0242. The highest BCUT2D eigenvalue weighted by Crippen LogP contribution is 2.54. The average molecular weight is 288 g/mol. The summed E-state index contributed by atoms with van der Waals surface area (Å²) in [4.78, 5) is 11.3. The van der Waals surface area contributed by atoms with E-state index in [-0.39, 0.29) is 5.56 Å². The molecule has 4 saturated carbocycles. The van der Waals surface area contributed by atoms with E-state index in [1.165, 1.54) is 38.2 Å². The maximum absolute atomic E-state index is 13.6. The molecule has 4 aliphatic carbocycles. The predicted octanol–water partition coefficient (Wildman–Crippen LogP) is 3.16. The number of carbonyl (C=O) groups excluding carboxylic acids is 1. The van der Waals surface area contributed by atoms with Crippen LogP contribution >= 0.6 is 0 Å². The molecule has 3 N–H and O–H groups in total. The smallest absolute Gasteiger partial charge is 0.251 e. The van der Waals surface area contributed by atoms with E-state index in [0.717, 1.165) is 29.4 Å². The van der Waals surface area contributed by atoms with Crippen molar-refractivity contribution >= 4 is 11.6 Å². The fourth-order valence-corrected chi connectivity index (χ4v) is 5.16. The summed E-state index contributed by atoms with van der Waals surface area (Å²) in [6, 6.07) is 5.08. The number of rotatable bonds is 3. The van der Waals surface area contributed by atoms with Crippen molar-refractivity contribution in [1.82, 2.24) is 0 Å². The van der Waals surface area contributed by atoms with Crippen LogP contribution in [0.15, 0.2) is 18.2 Å². The zero-order valence-corrected chi connectivity index (χ0v) is 12.0. The molecule has 0 radical (unpaired) electrons. The summed E-state index contributed by atoms with van der Waals surface area (Å²) in [5, 5.41) is 3.57. The van der Waals surface area contributed by atoms with Crippen LogP contribution in [0.5, 0.6) is 0 Å². The van der Waals surface area contributed by atoms with Gasteiger partial charge in [0, 0.05) is 11.7 Å². The third-order valence-electron chi connectivity index (χ3n) is 5.79. The number of carbonyl (C=O) groups is 1. The van der Waals surface area contributed by atoms with Gasteiger partial charge >= 0.3 is 0 Å². The molecule has 0 spiro atoms. The summed E-state index contributed by atoms with van der Waals surface area (Å²) < 4.78 is 13.6. The Bertz CT molecular complexity index is 558. The predicted molar refractivity (Wildman–Crippen MR) is 79.4 cm³/mol. The molecular formula is C17H21FN2O. The van der Waals surface area contributed by atoms with Crippen LogP contribution in [0.4, 0.5) is 10.1 Å². The van der Waals surface area contributed by atoms with Crippen molar-refractivity contribution in [3.8, 4) is 0 Å². The van der Waals surface area contributed by atoms with Crippen LogP contribution in [0.25, 0.3) is 0 Å². The highest BCUT2D eigenvalue weighted by molar-refractivity contribution is 5.94. The highest BCUT2D eigenvalue weighted by Gasteiger charge is 2.48. The number of anilines is 1. The normalized spacial score (nSPS) is 36.7. The van der Waals surface area contributed by atoms with Gasteiger partial charge in [-0.05, 0) is 74.0 Å². The van der Waals surface area contributed by atoms with Gasteiger partial charge in [0.2, 0.25) is 0 Å². The zero-order valence-electron chi connectivity index (χ0n) is 12.0. The molecule has 1 aromatic carbocycles. The number of hydrogen-bond donors (Lipinski definition) is 2. The molecule has 21 heavy (non-hydrogen) atoms. The Kier molecular flexibility index (Phi) is 2.95. The number of hydrogen-bond acceptors (Lipinski definition) is 2. The van der Waals surface area contributed by atoms with E-state index in [1.807, 2.05) is 0 Å². The van der Waals surface area contributed by atoms with Gasteiger partial charge < -0.3 is 11.1 Å². The molecule has 1 aromatic rings. The fourth-order valence-electron chi connectivity index (χ4n) is 5.16. The van der Waals surface area contributed by atoms with Gasteiger partial charge in [0.1, 0.15) is 5.82 Å². The number of amides is 1. The summed E-state index contributed by atoms with van der Waals surface area (Å²) in [5.74, 6) is 2.09. The lowest BCUT2D eigenvalue weighted by atomic mass is 9.54. The highest BCUT2D eigenvalue weighted by atomic mass is 19.1. The van der Waals surface area contributed by atoms with Crippen LogP contribution < -0.4 is 11.1 Å². The molecule has 0 aliphatic heterocycles. The molecule has 0 atom stereocenters. The molecule has 0 heterocycles. The van der Waals surface area contributed by atoms with E-state index in [9.17, 15) is 9.18 Å². The molecule has 4 aliphatic rings. The third kappa shape index (κ3) is 2.21. The van der Waals surface area contributed by atoms with Crippen LogP contribution in [-0.4, -0.2) is 11.9 Å². The molecule has 4 fully saturated rings. The maximum atomic E-state index is 13.6. The van der Waals surface area contributed by atoms with Crippen LogP contribution in [0.2, 0.25) is 0 Å². The van der Waals surface area contributed by atoms with Gasteiger partial charge in [-0.15, -0.1) is 0 Å². The van der Waals surface area contributed by atoms with Crippen molar-refractivity contribution in [3.63, 3.8) is 0 Å². The fraction of sp³-hybridized carbons (Fsp3) is 0.588. The van der Waals surface area contributed by atoms with E-state index in [2.05, 4.69) is 5.32 Å². The Balaban J connectivity index is 1.56. The first-order chi connectivity index (χ1) is 10.1. The molecular weight excluding hydrogens is 267 g/mol. The van der Waals surface area contributed by atoms with E-state index in [4.69, 9.17) is 5.73 Å². The van der Waals surface area contributed by atoms with Gasteiger partial charge in [-0.2, -0.15) is 0 Å². The molecule has 5 rings (SSSR count). The van der Waals surface area contributed by atoms with Gasteiger partial charge in [0.15, 0.2) is 0 Å². The van der Waals surface area contributed by atoms with Crippen LogP contribution in [0.1, 0.15) is 42.5 Å². The molecule has 3 nitrogen and oxygen atoms in total. The van der Waals surface area contributed by atoms with Gasteiger partial charge in [0.05, 0.1) is 5.56 Å². The molecule has 4 bridgehead atoms. The van der Waals surface area contributed by atoms with Crippen LogP contribution in [0.3, 0.4) is 0 Å². The SMILES string of the molecule is NC(=O)c1cc(NC2C3CC4CC(C3)CC2C4)ccc1F. The second kappa shape index (κ2) is 4.72. The monoisotopic (exact) mass is 288 g/mol. The Hall–Kier alpha value is -1.58. The summed E-state index contributed by atoms with van der Waals surface area (Å²) in [5.41, 5.74) is 6.02. The standard InChI is InChI=1S/C17H21FN2O/c18-15-2-1-13(8-14(15)17(19)21)20-16-11-4-9-3-10(6-11)7-12(16)5-9/h1-2,8-12,16,20H,3-7H2,(H2,19,21). The Morgan fingerprint density at radius 3 is 2.29 bits per heavy atom. The maximum Gasteiger partial charge on any atom is 0.251 e. The van der Waals surface area contributed by atoms with Crippen molar-refractivity contribution in [3.05, 3.63) is 29.6 Å². The summed E-state index contributed by atoms with van der Waals surface area (Å²) in [7, 11) is 0. The number of primary amides is 1. The minimum Gasteiger partial charge on any atom is -0.382 e. The summed E-state index contributed by atoms with van der Waals surface area (Å²) >= 11 is 0. The van der Waals surface area contributed by atoms with E-state index in [1.54, 1.807) is 12.1 Å². The Labute approximate surface area is 124 Å². The number of nitrogens with one attached hydrogen (secondary N) is 1. The first-order valence-electron chi connectivity index (χ1n) is 7.96. The zero-order chi connectivity index (χ0) is 14.6. The van der Waals surface area contributed by atoms with Crippen molar-refractivity contribution in [2.24, 2.45) is 29.4 Å². The summed E-state index contributed by atoms with van der Waals surface area (Å²) in [6.07, 6.45) is 6.74. The van der Waals surface area contributed by atoms with Crippen LogP contribution in [0, 0.1) is 29.5 Å². The number of halogens is 1. The Morgan fingerprint density at radius 2 is 1.71 bits per heavy atom. The Morgan fingerprint density at radius 1 is 1.10 bits per heavy atom. The van der Waals surface area contributed by atoms with Gasteiger partial charge in [0.25, 0.3) is 5.91 Å². The first-order valence-corrected chi connectivity index (χ1v) is 7.96. The van der Waals surface area contributed by atoms with Crippen molar-refractivity contribution < 1.29 is 9.18 Å². The lowest BCUT2D eigenvalue weighted by Crippen LogP contribution is -2.51. The summed E-state index contributed by atoms with van der Waals surface area (Å²) in [6.45, 7) is 0.